The number of carbonyl (C=O) groups excluding carboxylic acids is 1. The number of aromatic nitrogens is 1. The first-order valence-corrected chi connectivity index (χ1v) is 7.88. The molecule has 24 heavy (non-hydrogen) atoms. The van der Waals surface area contributed by atoms with Gasteiger partial charge < -0.3 is 16.2 Å². The Labute approximate surface area is 139 Å². The molecule has 3 rings (SSSR count). The SMILES string of the molecule is Nc1ccc(N=Nc2ccccc2OC(=O)C2CCCC2)c(N)n1. The molecule has 0 bridgehead atoms. The number of hydrogen-bond donors (Lipinski definition) is 2. The molecule has 7 nitrogen and oxygen atoms in total. The maximum Gasteiger partial charge on any atom is 0.314 e. The number of esters is 1. The smallest absolute Gasteiger partial charge is 0.314 e. The van der Waals surface area contributed by atoms with Gasteiger partial charge in [0.05, 0.1) is 5.92 Å². The quantitative estimate of drug-likeness (QED) is 0.504. The van der Waals surface area contributed by atoms with Gasteiger partial charge in [-0.1, -0.05) is 25.0 Å². The van der Waals surface area contributed by atoms with Gasteiger partial charge in [0.15, 0.2) is 11.6 Å². The lowest BCUT2D eigenvalue weighted by atomic mass is 10.1. The normalized spacial score (nSPS) is 15.0. The van der Waals surface area contributed by atoms with Gasteiger partial charge in [0.25, 0.3) is 0 Å². The highest BCUT2D eigenvalue weighted by Crippen LogP contribution is 2.32. The Hall–Kier alpha value is -2.96. The molecule has 1 heterocycles. The summed E-state index contributed by atoms with van der Waals surface area (Å²) in [4.78, 5) is 16.1. The van der Waals surface area contributed by atoms with E-state index < -0.39 is 0 Å². The highest BCUT2D eigenvalue weighted by atomic mass is 16.5. The first-order chi connectivity index (χ1) is 11.6. The van der Waals surface area contributed by atoms with Crippen LogP contribution in [0.4, 0.5) is 23.0 Å². The molecule has 4 N–H and O–H groups in total. The Bertz CT molecular complexity index is 769. The maximum absolute atomic E-state index is 12.2. The molecule has 1 aliphatic carbocycles. The molecule has 1 aromatic carbocycles. The molecule has 0 atom stereocenters. The minimum absolute atomic E-state index is 0.0214. The van der Waals surface area contributed by atoms with E-state index in [1.807, 2.05) is 0 Å². The number of hydrogen-bond acceptors (Lipinski definition) is 7. The van der Waals surface area contributed by atoms with Crippen molar-refractivity contribution in [2.75, 3.05) is 11.5 Å². The van der Waals surface area contributed by atoms with E-state index in [-0.39, 0.29) is 17.7 Å². The van der Waals surface area contributed by atoms with Crippen molar-refractivity contribution in [1.82, 2.24) is 4.98 Å². The molecule has 124 valence electrons. The summed E-state index contributed by atoms with van der Waals surface area (Å²) in [6, 6.07) is 10.2. The summed E-state index contributed by atoms with van der Waals surface area (Å²) in [5, 5.41) is 8.21. The molecule has 0 amide bonds. The summed E-state index contributed by atoms with van der Waals surface area (Å²) in [5.74, 6) is 0.674. The van der Waals surface area contributed by atoms with Gasteiger partial charge in [-0.15, -0.1) is 10.2 Å². The van der Waals surface area contributed by atoms with E-state index in [9.17, 15) is 4.79 Å². The minimum atomic E-state index is -0.205. The van der Waals surface area contributed by atoms with Crippen LogP contribution < -0.4 is 16.2 Å². The number of rotatable bonds is 4. The Kier molecular flexibility index (Phi) is 4.69. The van der Waals surface area contributed by atoms with Crippen LogP contribution >= 0.6 is 0 Å². The van der Waals surface area contributed by atoms with Crippen molar-refractivity contribution in [2.45, 2.75) is 25.7 Å². The van der Waals surface area contributed by atoms with Gasteiger partial charge in [0.2, 0.25) is 0 Å². The molecule has 0 saturated heterocycles. The summed E-state index contributed by atoms with van der Waals surface area (Å²) in [5.41, 5.74) is 12.2. The number of ether oxygens (including phenoxy) is 1. The van der Waals surface area contributed by atoms with E-state index in [1.54, 1.807) is 36.4 Å². The Morgan fingerprint density at radius 1 is 1.04 bits per heavy atom. The zero-order valence-corrected chi connectivity index (χ0v) is 13.2. The van der Waals surface area contributed by atoms with E-state index in [2.05, 4.69) is 15.2 Å². The fraction of sp³-hybridized carbons (Fsp3) is 0.294. The second kappa shape index (κ2) is 7.08. The Morgan fingerprint density at radius 2 is 1.75 bits per heavy atom. The van der Waals surface area contributed by atoms with Gasteiger partial charge in [0.1, 0.15) is 17.2 Å². The minimum Gasteiger partial charge on any atom is -0.424 e. The van der Waals surface area contributed by atoms with Crippen LogP contribution in [-0.2, 0) is 4.79 Å². The van der Waals surface area contributed by atoms with E-state index in [4.69, 9.17) is 16.2 Å². The maximum atomic E-state index is 12.2. The summed E-state index contributed by atoms with van der Waals surface area (Å²) >= 11 is 0. The van der Waals surface area contributed by atoms with Gasteiger partial charge in [-0.05, 0) is 37.1 Å². The molecule has 2 aromatic rings. The number of nitrogens with zero attached hydrogens (tertiary/aromatic N) is 3. The van der Waals surface area contributed by atoms with Crippen LogP contribution in [0.5, 0.6) is 5.75 Å². The lowest BCUT2D eigenvalue weighted by Crippen LogP contribution is -2.17. The van der Waals surface area contributed by atoms with Crippen molar-refractivity contribution in [3.8, 4) is 5.75 Å². The van der Waals surface area contributed by atoms with E-state index in [0.29, 0.717) is 22.9 Å². The number of benzene rings is 1. The van der Waals surface area contributed by atoms with Gasteiger partial charge in [-0.25, -0.2) is 4.98 Å². The molecule has 0 spiro atoms. The molecular formula is C17H19N5O2. The van der Waals surface area contributed by atoms with Crippen molar-refractivity contribution in [1.29, 1.82) is 0 Å². The zero-order chi connectivity index (χ0) is 16.9. The van der Waals surface area contributed by atoms with Crippen LogP contribution in [-0.4, -0.2) is 11.0 Å². The number of nitrogens with two attached hydrogens (primary N) is 2. The highest BCUT2D eigenvalue weighted by Gasteiger charge is 2.25. The van der Waals surface area contributed by atoms with Gasteiger partial charge in [-0.3, -0.25) is 4.79 Å². The fourth-order valence-electron chi connectivity index (χ4n) is 2.65. The first-order valence-electron chi connectivity index (χ1n) is 7.88. The molecule has 7 heteroatoms. The molecule has 1 fully saturated rings. The largest absolute Gasteiger partial charge is 0.424 e. The number of azo groups is 1. The zero-order valence-electron chi connectivity index (χ0n) is 13.2. The summed E-state index contributed by atoms with van der Waals surface area (Å²) < 4.78 is 5.51. The van der Waals surface area contributed by atoms with Crippen LogP contribution in [0.25, 0.3) is 0 Å². The molecule has 0 aliphatic heterocycles. The predicted octanol–water partition coefficient (Wildman–Crippen LogP) is 3.76. The monoisotopic (exact) mass is 325 g/mol. The van der Waals surface area contributed by atoms with E-state index in [1.165, 1.54) is 0 Å². The second-order valence-electron chi connectivity index (χ2n) is 5.71. The lowest BCUT2D eigenvalue weighted by Gasteiger charge is -2.10. The average molecular weight is 325 g/mol. The van der Waals surface area contributed by atoms with Crippen molar-refractivity contribution in [3.05, 3.63) is 36.4 Å². The van der Waals surface area contributed by atoms with Crippen molar-refractivity contribution in [2.24, 2.45) is 16.1 Å². The van der Waals surface area contributed by atoms with E-state index in [0.717, 1.165) is 25.7 Å². The average Bonchev–Trinajstić information content (AvgIpc) is 3.10. The molecule has 1 aromatic heterocycles. The van der Waals surface area contributed by atoms with Crippen molar-refractivity contribution >= 4 is 29.0 Å². The summed E-state index contributed by atoms with van der Waals surface area (Å²) in [7, 11) is 0. The topological polar surface area (TPSA) is 116 Å². The van der Waals surface area contributed by atoms with Crippen LogP contribution in [0.3, 0.4) is 0 Å². The molecule has 1 aliphatic rings. The van der Waals surface area contributed by atoms with Crippen LogP contribution in [0.1, 0.15) is 25.7 Å². The van der Waals surface area contributed by atoms with Crippen molar-refractivity contribution in [3.63, 3.8) is 0 Å². The second-order valence-corrected chi connectivity index (χ2v) is 5.71. The fourth-order valence-corrected chi connectivity index (χ4v) is 2.65. The number of para-hydroxylation sites is 1. The Balaban J connectivity index is 1.78. The predicted molar refractivity (Wildman–Crippen MR) is 91.3 cm³/mol. The van der Waals surface area contributed by atoms with E-state index >= 15 is 0 Å². The Morgan fingerprint density at radius 3 is 2.50 bits per heavy atom. The van der Waals surface area contributed by atoms with Crippen LogP contribution in [0, 0.1) is 5.92 Å². The van der Waals surface area contributed by atoms with Gasteiger partial charge in [0, 0.05) is 0 Å². The summed E-state index contributed by atoms with van der Waals surface area (Å²) in [6.07, 6.45) is 3.92. The lowest BCUT2D eigenvalue weighted by molar-refractivity contribution is -0.138. The molecule has 1 saturated carbocycles. The van der Waals surface area contributed by atoms with Crippen LogP contribution in [0.2, 0.25) is 0 Å². The number of carbonyl (C=O) groups is 1. The third-order valence-electron chi connectivity index (χ3n) is 3.95. The first kappa shape index (κ1) is 15.9. The third kappa shape index (κ3) is 3.68. The molecule has 0 unspecified atom stereocenters. The van der Waals surface area contributed by atoms with Gasteiger partial charge >= 0.3 is 5.97 Å². The number of anilines is 2. The van der Waals surface area contributed by atoms with Gasteiger partial charge in [-0.2, -0.15) is 0 Å². The van der Waals surface area contributed by atoms with Crippen molar-refractivity contribution < 1.29 is 9.53 Å². The highest BCUT2D eigenvalue weighted by molar-refractivity contribution is 5.77. The van der Waals surface area contributed by atoms with Crippen LogP contribution in [0.15, 0.2) is 46.6 Å². The number of nitrogen functional groups attached to an aromatic ring is 2. The molecule has 0 radical (unpaired) electrons. The third-order valence-corrected chi connectivity index (χ3v) is 3.95. The molecular weight excluding hydrogens is 306 g/mol. The summed E-state index contributed by atoms with van der Waals surface area (Å²) in [6.45, 7) is 0. The standard InChI is InChI=1S/C17H19N5O2/c18-15-10-9-13(16(19)20-15)22-21-12-7-3-4-8-14(12)24-17(23)11-5-1-2-6-11/h3-4,7-11H,1-2,5-6H2,(H4,18,19,20). The number of pyridine rings is 1.